The smallest absolute Gasteiger partial charge is 0.0448 e. The van der Waals surface area contributed by atoms with E-state index < -0.39 is 8.07 Å². The van der Waals surface area contributed by atoms with Crippen LogP contribution in [-0.2, 0) is 0 Å². The van der Waals surface area contributed by atoms with Gasteiger partial charge in [-0.25, -0.2) is 0 Å². The highest BCUT2D eigenvalue weighted by atomic mass is 28.3. The Labute approximate surface area is 84.3 Å². The zero-order valence-electron chi connectivity index (χ0n) is 9.91. The summed E-state index contributed by atoms with van der Waals surface area (Å²) in [5, 5.41) is 3.37. The van der Waals surface area contributed by atoms with Crippen LogP contribution in [0.2, 0.25) is 25.7 Å². The van der Waals surface area contributed by atoms with Gasteiger partial charge in [0, 0.05) is 14.6 Å². The monoisotopic (exact) mass is 199 g/mol. The van der Waals surface area contributed by atoms with Gasteiger partial charge in [0.25, 0.3) is 0 Å². The molecule has 1 atom stereocenters. The van der Waals surface area contributed by atoms with Gasteiger partial charge in [0.15, 0.2) is 0 Å². The zero-order valence-corrected chi connectivity index (χ0v) is 10.9. The molecule has 0 heterocycles. The van der Waals surface area contributed by atoms with Crippen molar-refractivity contribution in [3.8, 4) is 0 Å². The van der Waals surface area contributed by atoms with E-state index in [0.29, 0.717) is 5.41 Å². The Bertz CT molecular complexity index is 169. The standard InChI is InChI=1S/C11H25NSi/c1-11(8-12-2,10-6-7-10)9-13(3,4)5/h10,12H,6-9H2,1-5H3. The normalized spacial score (nSPS) is 22.8. The van der Waals surface area contributed by atoms with Crippen LogP contribution in [0.5, 0.6) is 0 Å². The molecule has 0 aromatic carbocycles. The predicted octanol–water partition coefficient (Wildman–Crippen LogP) is 2.96. The van der Waals surface area contributed by atoms with Crippen LogP contribution in [0.15, 0.2) is 0 Å². The Hall–Kier alpha value is 0.177. The van der Waals surface area contributed by atoms with Gasteiger partial charge in [-0.2, -0.15) is 0 Å². The summed E-state index contributed by atoms with van der Waals surface area (Å²) in [5.41, 5.74) is 0.596. The third kappa shape index (κ3) is 3.43. The predicted molar refractivity (Wildman–Crippen MR) is 62.9 cm³/mol. The first-order valence-electron chi connectivity index (χ1n) is 5.52. The number of hydrogen-bond acceptors (Lipinski definition) is 1. The van der Waals surface area contributed by atoms with Gasteiger partial charge in [-0.15, -0.1) is 0 Å². The Balaban J connectivity index is 2.55. The Morgan fingerprint density at radius 3 is 2.15 bits per heavy atom. The highest BCUT2D eigenvalue weighted by Gasteiger charge is 2.43. The van der Waals surface area contributed by atoms with Crippen LogP contribution in [0.1, 0.15) is 19.8 Å². The second-order valence-electron chi connectivity index (χ2n) is 6.20. The van der Waals surface area contributed by atoms with Crippen molar-refractivity contribution in [3.63, 3.8) is 0 Å². The van der Waals surface area contributed by atoms with Crippen molar-refractivity contribution < 1.29 is 0 Å². The number of rotatable bonds is 5. The lowest BCUT2D eigenvalue weighted by Crippen LogP contribution is -2.38. The molecule has 1 unspecified atom stereocenters. The summed E-state index contributed by atoms with van der Waals surface area (Å²) in [6.07, 6.45) is 2.95. The maximum absolute atomic E-state index is 3.37. The SMILES string of the molecule is CNCC(C)(C[Si](C)(C)C)C1CC1. The first-order valence-corrected chi connectivity index (χ1v) is 9.23. The van der Waals surface area contributed by atoms with E-state index in [4.69, 9.17) is 0 Å². The van der Waals surface area contributed by atoms with Gasteiger partial charge in [-0.3, -0.25) is 0 Å². The minimum absolute atomic E-state index is 0.596. The summed E-state index contributed by atoms with van der Waals surface area (Å²) in [4.78, 5) is 0. The lowest BCUT2D eigenvalue weighted by molar-refractivity contribution is 0.296. The second-order valence-corrected chi connectivity index (χ2v) is 11.7. The maximum atomic E-state index is 3.37. The molecule has 0 aliphatic heterocycles. The Morgan fingerprint density at radius 1 is 1.31 bits per heavy atom. The van der Waals surface area contributed by atoms with Crippen molar-refractivity contribution >= 4 is 8.07 Å². The number of hydrogen-bond donors (Lipinski definition) is 1. The van der Waals surface area contributed by atoms with E-state index in [2.05, 4.69) is 38.9 Å². The molecule has 0 bridgehead atoms. The van der Waals surface area contributed by atoms with Crippen molar-refractivity contribution in [2.24, 2.45) is 11.3 Å². The molecule has 0 spiro atoms. The van der Waals surface area contributed by atoms with Crippen LogP contribution < -0.4 is 5.32 Å². The average molecular weight is 199 g/mol. The van der Waals surface area contributed by atoms with Crippen LogP contribution in [0.4, 0.5) is 0 Å². The minimum Gasteiger partial charge on any atom is -0.319 e. The fourth-order valence-corrected chi connectivity index (χ4v) is 5.58. The van der Waals surface area contributed by atoms with E-state index in [9.17, 15) is 0 Å². The molecule has 0 saturated heterocycles. The topological polar surface area (TPSA) is 12.0 Å². The fraction of sp³-hybridized carbons (Fsp3) is 1.00. The Kier molecular flexibility index (Phi) is 3.23. The largest absolute Gasteiger partial charge is 0.319 e. The molecule has 0 radical (unpaired) electrons. The van der Waals surface area contributed by atoms with Crippen LogP contribution in [-0.4, -0.2) is 21.7 Å². The summed E-state index contributed by atoms with van der Waals surface area (Å²) in [7, 11) is 1.20. The molecular weight excluding hydrogens is 174 g/mol. The second kappa shape index (κ2) is 3.74. The summed E-state index contributed by atoms with van der Waals surface area (Å²) >= 11 is 0. The van der Waals surface area contributed by atoms with Crippen molar-refractivity contribution in [1.82, 2.24) is 5.32 Å². The first-order chi connectivity index (χ1) is 5.87. The maximum Gasteiger partial charge on any atom is 0.0448 e. The van der Waals surface area contributed by atoms with Gasteiger partial charge in [0.2, 0.25) is 0 Å². The van der Waals surface area contributed by atoms with Gasteiger partial charge >= 0.3 is 0 Å². The Morgan fingerprint density at radius 2 is 1.85 bits per heavy atom. The van der Waals surface area contributed by atoms with Crippen LogP contribution in [0.3, 0.4) is 0 Å². The highest BCUT2D eigenvalue weighted by molar-refractivity contribution is 6.76. The molecule has 1 fully saturated rings. The molecule has 1 rings (SSSR count). The summed E-state index contributed by atoms with van der Waals surface area (Å²) in [6.45, 7) is 11.2. The number of nitrogens with one attached hydrogen (secondary N) is 1. The van der Waals surface area contributed by atoms with Crippen LogP contribution >= 0.6 is 0 Å². The quantitative estimate of drug-likeness (QED) is 0.671. The molecule has 1 N–H and O–H groups in total. The first kappa shape index (κ1) is 11.3. The molecule has 13 heavy (non-hydrogen) atoms. The molecule has 0 aromatic heterocycles. The van der Waals surface area contributed by atoms with Gasteiger partial charge in [-0.1, -0.05) is 32.6 Å². The van der Waals surface area contributed by atoms with Gasteiger partial charge < -0.3 is 5.32 Å². The molecule has 2 heteroatoms. The van der Waals surface area contributed by atoms with Crippen LogP contribution in [0.25, 0.3) is 0 Å². The van der Waals surface area contributed by atoms with E-state index in [0.717, 1.165) is 5.92 Å². The highest BCUT2D eigenvalue weighted by Crippen LogP contribution is 2.49. The van der Waals surface area contributed by atoms with Crippen molar-refractivity contribution in [2.45, 2.75) is 45.5 Å². The average Bonchev–Trinajstić information content (AvgIpc) is 2.61. The molecule has 0 amide bonds. The summed E-state index contributed by atoms with van der Waals surface area (Å²) in [5.74, 6) is 1.02. The van der Waals surface area contributed by atoms with E-state index in [-0.39, 0.29) is 0 Å². The van der Waals surface area contributed by atoms with Gasteiger partial charge in [-0.05, 0) is 31.2 Å². The molecular formula is C11H25NSi. The van der Waals surface area contributed by atoms with E-state index in [1.807, 2.05) is 0 Å². The minimum atomic E-state index is -0.893. The summed E-state index contributed by atoms with van der Waals surface area (Å²) < 4.78 is 0. The lowest BCUT2D eigenvalue weighted by Gasteiger charge is -2.35. The van der Waals surface area contributed by atoms with Crippen molar-refractivity contribution in [3.05, 3.63) is 0 Å². The van der Waals surface area contributed by atoms with E-state index >= 15 is 0 Å². The van der Waals surface area contributed by atoms with Gasteiger partial charge in [0.1, 0.15) is 0 Å². The molecule has 1 aliphatic rings. The van der Waals surface area contributed by atoms with Crippen molar-refractivity contribution in [2.75, 3.05) is 13.6 Å². The zero-order chi connectivity index (χ0) is 10.1. The molecule has 1 nitrogen and oxygen atoms in total. The molecule has 78 valence electrons. The lowest BCUT2D eigenvalue weighted by atomic mass is 9.87. The van der Waals surface area contributed by atoms with Gasteiger partial charge in [0.05, 0.1) is 0 Å². The van der Waals surface area contributed by atoms with Crippen molar-refractivity contribution in [1.29, 1.82) is 0 Å². The van der Waals surface area contributed by atoms with Crippen LogP contribution in [0, 0.1) is 11.3 Å². The van der Waals surface area contributed by atoms with E-state index in [1.165, 1.54) is 25.4 Å². The summed E-state index contributed by atoms with van der Waals surface area (Å²) in [6, 6.07) is 1.48. The fourth-order valence-electron chi connectivity index (χ4n) is 2.75. The molecule has 1 saturated carbocycles. The molecule has 1 aliphatic carbocycles. The molecule has 0 aromatic rings. The third-order valence-electron chi connectivity index (χ3n) is 3.08. The van der Waals surface area contributed by atoms with E-state index in [1.54, 1.807) is 0 Å². The third-order valence-corrected chi connectivity index (χ3v) is 4.95.